The average molecular weight is 314 g/mol. The lowest BCUT2D eigenvalue weighted by molar-refractivity contribution is 0.299. The Morgan fingerprint density at radius 1 is 1.14 bits per heavy atom. The summed E-state index contributed by atoms with van der Waals surface area (Å²) in [5.74, 6) is 0.813. The van der Waals surface area contributed by atoms with Gasteiger partial charge in [-0.05, 0) is 48.9 Å². The number of rotatable bonds is 4. The van der Waals surface area contributed by atoms with Crippen molar-refractivity contribution in [2.24, 2.45) is 0 Å². The Balaban J connectivity index is 1.70. The predicted octanol–water partition coefficient (Wildman–Crippen LogP) is 4.20. The number of ether oxygens (including phenoxy) is 1. The number of hydrogen-bond acceptors (Lipinski definition) is 3. The summed E-state index contributed by atoms with van der Waals surface area (Å²) in [7, 11) is 0. The first-order chi connectivity index (χ1) is 10.6. The Morgan fingerprint density at radius 3 is 2.64 bits per heavy atom. The maximum absolute atomic E-state index is 5.94. The lowest BCUT2D eigenvalue weighted by atomic mass is 10.1. The average Bonchev–Trinajstić information content (AvgIpc) is 2.96. The molecule has 3 N–H and O–H groups in total. The molecule has 4 nitrogen and oxygen atoms in total. The van der Waals surface area contributed by atoms with Gasteiger partial charge in [0.15, 0.2) is 0 Å². The van der Waals surface area contributed by atoms with Crippen molar-refractivity contribution in [1.29, 1.82) is 0 Å². The summed E-state index contributed by atoms with van der Waals surface area (Å²) in [6.07, 6.45) is 0. The number of benzene rings is 2. The third-order valence-corrected chi connectivity index (χ3v) is 3.59. The number of nitrogens with two attached hydrogens (primary N) is 1. The van der Waals surface area contributed by atoms with E-state index in [9.17, 15) is 0 Å². The molecule has 0 aliphatic rings. The Bertz CT molecular complexity index is 781. The quantitative estimate of drug-likeness (QED) is 0.709. The topological polar surface area (TPSA) is 63.9 Å². The van der Waals surface area contributed by atoms with Crippen molar-refractivity contribution in [1.82, 2.24) is 10.2 Å². The van der Waals surface area contributed by atoms with E-state index < -0.39 is 0 Å². The minimum Gasteiger partial charge on any atom is -0.487 e. The molecule has 0 saturated carbocycles. The minimum absolute atomic E-state index is 0.421. The van der Waals surface area contributed by atoms with Crippen LogP contribution in [0, 0.1) is 6.92 Å². The van der Waals surface area contributed by atoms with Gasteiger partial charge in [-0.25, -0.2) is 0 Å². The Hall–Kier alpha value is -2.46. The molecule has 0 aliphatic heterocycles. The van der Waals surface area contributed by atoms with Crippen LogP contribution in [0.2, 0.25) is 5.02 Å². The van der Waals surface area contributed by atoms with Crippen molar-refractivity contribution in [2.45, 2.75) is 13.5 Å². The second-order valence-corrected chi connectivity index (χ2v) is 5.54. The molecule has 0 spiro atoms. The van der Waals surface area contributed by atoms with Crippen molar-refractivity contribution in [3.05, 3.63) is 64.8 Å². The molecular weight excluding hydrogens is 298 g/mol. The third kappa shape index (κ3) is 3.23. The number of aromatic nitrogens is 2. The molecule has 5 heteroatoms. The van der Waals surface area contributed by atoms with Crippen LogP contribution in [0.25, 0.3) is 11.3 Å². The zero-order valence-electron chi connectivity index (χ0n) is 12.1. The van der Waals surface area contributed by atoms with Crippen molar-refractivity contribution < 1.29 is 4.74 Å². The molecule has 1 heterocycles. The molecule has 0 radical (unpaired) electrons. The van der Waals surface area contributed by atoms with Gasteiger partial charge in [-0.3, -0.25) is 5.10 Å². The number of hydrogen-bond donors (Lipinski definition) is 2. The van der Waals surface area contributed by atoms with E-state index in [2.05, 4.69) is 10.2 Å². The van der Waals surface area contributed by atoms with Crippen molar-refractivity contribution >= 4 is 17.3 Å². The van der Waals surface area contributed by atoms with Gasteiger partial charge in [0.2, 0.25) is 0 Å². The fourth-order valence-electron chi connectivity index (χ4n) is 2.17. The number of halogens is 1. The standard InChI is InChI=1S/C17H16ClN3O/c1-11-8-13(18)4-7-17(11)22-10-15-9-16(21-20-15)12-2-5-14(19)6-3-12/h2-9H,10,19H2,1H3,(H,20,21). The molecule has 2 aromatic carbocycles. The molecule has 22 heavy (non-hydrogen) atoms. The van der Waals surface area contributed by atoms with Gasteiger partial charge < -0.3 is 10.5 Å². The Morgan fingerprint density at radius 2 is 1.91 bits per heavy atom. The van der Waals surface area contributed by atoms with Crippen molar-refractivity contribution in [3.63, 3.8) is 0 Å². The van der Waals surface area contributed by atoms with Crippen LogP contribution >= 0.6 is 11.6 Å². The van der Waals surface area contributed by atoms with Crippen molar-refractivity contribution in [2.75, 3.05) is 5.73 Å². The third-order valence-electron chi connectivity index (χ3n) is 3.36. The lowest BCUT2D eigenvalue weighted by Crippen LogP contribution is -1.97. The van der Waals surface area contributed by atoms with Crippen LogP contribution in [-0.4, -0.2) is 10.2 Å². The van der Waals surface area contributed by atoms with Gasteiger partial charge in [0.05, 0.1) is 11.4 Å². The van der Waals surface area contributed by atoms with Gasteiger partial charge in [0.1, 0.15) is 12.4 Å². The molecule has 0 unspecified atom stereocenters. The molecule has 1 aromatic heterocycles. The molecule has 0 fully saturated rings. The fraction of sp³-hybridized carbons (Fsp3) is 0.118. The maximum atomic E-state index is 5.94. The van der Waals surface area contributed by atoms with Crippen LogP contribution in [0.5, 0.6) is 5.75 Å². The zero-order chi connectivity index (χ0) is 15.5. The van der Waals surface area contributed by atoms with E-state index in [4.69, 9.17) is 22.1 Å². The van der Waals surface area contributed by atoms with E-state index >= 15 is 0 Å². The van der Waals surface area contributed by atoms with E-state index in [0.29, 0.717) is 11.6 Å². The first-order valence-electron chi connectivity index (χ1n) is 6.91. The summed E-state index contributed by atoms with van der Waals surface area (Å²) in [5, 5.41) is 7.99. The Kier molecular flexibility index (Phi) is 4.02. The highest BCUT2D eigenvalue weighted by Gasteiger charge is 2.06. The number of aromatic amines is 1. The summed E-state index contributed by atoms with van der Waals surface area (Å²) in [6, 6.07) is 15.1. The first kappa shape index (κ1) is 14.5. The summed E-state index contributed by atoms with van der Waals surface area (Å²) in [6.45, 7) is 2.39. The summed E-state index contributed by atoms with van der Waals surface area (Å²) < 4.78 is 5.80. The second-order valence-electron chi connectivity index (χ2n) is 5.10. The van der Waals surface area contributed by atoms with Crippen LogP contribution in [0.4, 0.5) is 5.69 Å². The highest BCUT2D eigenvalue weighted by atomic mass is 35.5. The van der Waals surface area contributed by atoms with Crippen LogP contribution < -0.4 is 10.5 Å². The minimum atomic E-state index is 0.421. The highest BCUT2D eigenvalue weighted by molar-refractivity contribution is 6.30. The van der Waals surface area contributed by atoms with Gasteiger partial charge in [0.25, 0.3) is 0 Å². The van der Waals surface area contributed by atoms with Gasteiger partial charge in [-0.1, -0.05) is 23.7 Å². The van der Waals surface area contributed by atoms with E-state index in [0.717, 1.165) is 34.0 Å². The van der Waals surface area contributed by atoms with E-state index in [1.54, 1.807) is 0 Å². The van der Waals surface area contributed by atoms with Gasteiger partial charge in [0, 0.05) is 16.3 Å². The molecule has 0 saturated heterocycles. The monoisotopic (exact) mass is 313 g/mol. The first-order valence-corrected chi connectivity index (χ1v) is 7.29. The van der Waals surface area contributed by atoms with E-state index in [1.165, 1.54) is 0 Å². The largest absolute Gasteiger partial charge is 0.487 e. The van der Waals surface area contributed by atoms with Crippen LogP contribution in [-0.2, 0) is 6.61 Å². The predicted molar refractivity (Wildman–Crippen MR) is 89.0 cm³/mol. The van der Waals surface area contributed by atoms with Crippen molar-refractivity contribution in [3.8, 4) is 17.0 Å². The van der Waals surface area contributed by atoms with Gasteiger partial charge >= 0.3 is 0 Å². The normalized spacial score (nSPS) is 10.6. The van der Waals surface area contributed by atoms with Gasteiger partial charge in [-0.2, -0.15) is 5.10 Å². The molecule has 3 rings (SSSR count). The smallest absolute Gasteiger partial charge is 0.130 e. The van der Waals surface area contributed by atoms with Crippen LogP contribution in [0.3, 0.4) is 0 Å². The maximum Gasteiger partial charge on any atom is 0.130 e. The number of anilines is 1. The van der Waals surface area contributed by atoms with E-state index in [-0.39, 0.29) is 0 Å². The molecule has 0 aliphatic carbocycles. The lowest BCUT2D eigenvalue weighted by Gasteiger charge is -2.07. The number of nitrogens with one attached hydrogen (secondary N) is 1. The molecular formula is C17H16ClN3O. The zero-order valence-corrected chi connectivity index (χ0v) is 12.9. The van der Waals surface area contributed by atoms with Crippen LogP contribution in [0.15, 0.2) is 48.5 Å². The molecule has 0 bridgehead atoms. The number of nitrogen functional groups attached to an aromatic ring is 1. The Labute approximate surface area is 133 Å². The summed E-state index contributed by atoms with van der Waals surface area (Å²) in [5.41, 5.74) is 10.2. The summed E-state index contributed by atoms with van der Waals surface area (Å²) in [4.78, 5) is 0. The second kappa shape index (κ2) is 6.12. The fourth-order valence-corrected chi connectivity index (χ4v) is 2.39. The SMILES string of the molecule is Cc1cc(Cl)ccc1OCc1cc(-c2ccc(N)cc2)n[nH]1. The van der Waals surface area contributed by atoms with Crippen LogP contribution in [0.1, 0.15) is 11.3 Å². The van der Waals surface area contributed by atoms with E-state index in [1.807, 2.05) is 55.5 Å². The molecule has 0 atom stereocenters. The number of H-pyrrole nitrogens is 1. The van der Waals surface area contributed by atoms with Gasteiger partial charge in [-0.15, -0.1) is 0 Å². The molecule has 112 valence electrons. The number of aryl methyl sites for hydroxylation is 1. The summed E-state index contributed by atoms with van der Waals surface area (Å²) >= 11 is 5.94. The molecule has 0 amide bonds. The highest BCUT2D eigenvalue weighted by Crippen LogP contribution is 2.23. The number of nitrogens with zero attached hydrogens (tertiary/aromatic N) is 1. The molecule has 3 aromatic rings.